The van der Waals surface area contributed by atoms with E-state index in [1.807, 2.05) is 44.2 Å². The number of aliphatic hydroxyl groups excluding tert-OH is 1. The minimum atomic E-state index is -1.06. The molecular formula is C28H36N4O6S. The smallest absolute Gasteiger partial charge is 0.258 e. The zero-order chi connectivity index (χ0) is 27.9. The van der Waals surface area contributed by atoms with Gasteiger partial charge in [-0.05, 0) is 49.4 Å². The fraction of sp³-hybridized carbons (Fsp3) is 0.464. The van der Waals surface area contributed by atoms with Crippen LogP contribution in [-0.2, 0) is 19.1 Å². The van der Waals surface area contributed by atoms with Gasteiger partial charge in [-0.2, -0.15) is 0 Å². The molecule has 3 amide bonds. The third-order valence-corrected chi connectivity index (χ3v) is 7.64. The number of aliphatic hydroxyl groups is 1. The first-order valence-corrected chi connectivity index (χ1v) is 14.1. The second kappa shape index (κ2) is 13.2. The molecule has 4 atom stereocenters. The van der Waals surface area contributed by atoms with Gasteiger partial charge in [-0.3, -0.25) is 14.4 Å². The maximum absolute atomic E-state index is 13.0. The fourth-order valence-electron chi connectivity index (χ4n) is 4.42. The van der Waals surface area contributed by atoms with E-state index in [0.717, 1.165) is 21.2 Å². The summed E-state index contributed by atoms with van der Waals surface area (Å²) < 4.78 is 10.8. The Morgan fingerprint density at radius 2 is 1.85 bits per heavy atom. The molecule has 5 N–H and O–H groups in total. The molecule has 0 saturated carbocycles. The third kappa shape index (κ3) is 7.65. The van der Waals surface area contributed by atoms with E-state index in [1.54, 1.807) is 24.8 Å². The van der Waals surface area contributed by atoms with Crippen LogP contribution in [0.4, 0.5) is 11.4 Å². The summed E-state index contributed by atoms with van der Waals surface area (Å²) in [6, 6.07) is 11.5. The third-order valence-electron chi connectivity index (χ3n) is 6.49. The van der Waals surface area contributed by atoms with Gasteiger partial charge in [0.05, 0.1) is 24.0 Å². The van der Waals surface area contributed by atoms with E-state index in [9.17, 15) is 19.5 Å². The topological polar surface area (TPSA) is 138 Å². The maximum Gasteiger partial charge on any atom is 0.258 e. The van der Waals surface area contributed by atoms with E-state index in [-0.39, 0.29) is 12.5 Å². The summed E-state index contributed by atoms with van der Waals surface area (Å²) in [4.78, 5) is 40.7. The number of rotatable bonds is 11. The zero-order valence-corrected chi connectivity index (χ0v) is 23.2. The Labute approximate surface area is 232 Å². The predicted octanol–water partition coefficient (Wildman–Crippen LogP) is 2.92. The van der Waals surface area contributed by atoms with E-state index in [2.05, 4.69) is 27.3 Å². The van der Waals surface area contributed by atoms with Gasteiger partial charge in [-0.1, -0.05) is 44.7 Å². The molecule has 0 radical (unpaired) electrons. The standard InChI is InChI=1S/C28H36N4O6S/c1-4-18(26(34)32-22(13-16(2)3)27(35)31-20-11-12-37-28(20)36)30-25(33)15-38-17-9-10-24-21(14-17)29-19-7-5-6-8-23(19)39-24/h5-10,14,16,18,20,22,28-29,36H,4,11-13,15H2,1-3H3,(H,30,33)(H,31,35)(H,32,34)/t18-,20-,22-,28?/m0/s1. The van der Waals surface area contributed by atoms with Crippen LogP contribution in [0.3, 0.4) is 0 Å². The highest BCUT2D eigenvalue weighted by Crippen LogP contribution is 2.44. The van der Waals surface area contributed by atoms with E-state index in [0.29, 0.717) is 31.6 Å². The van der Waals surface area contributed by atoms with Crippen molar-refractivity contribution in [3.63, 3.8) is 0 Å². The number of para-hydroxylation sites is 1. The van der Waals surface area contributed by atoms with Gasteiger partial charge in [0.2, 0.25) is 11.8 Å². The zero-order valence-electron chi connectivity index (χ0n) is 22.4. The van der Waals surface area contributed by atoms with Gasteiger partial charge in [0, 0.05) is 15.9 Å². The normalized spacial score (nSPS) is 19.2. The number of nitrogens with one attached hydrogen (secondary N) is 4. The Morgan fingerprint density at radius 3 is 2.56 bits per heavy atom. The van der Waals surface area contributed by atoms with Crippen LogP contribution in [0.1, 0.15) is 40.0 Å². The average Bonchev–Trinajstić information content (AvgIpc) is 3.32. The van der Waals surface area contributed by atoms with E-state index >= 15 is 0 Å². The van der Waals surface area contributed by atoms with Crippen LogP contribution in [-0.4, -0.2) is 60.5 Å². The maximum atomic E-state index is 13.0. The Morgan fingerprint density at radius 1 is 1.08 bits per heavy atom. The highest BCUT2D eigenvalue weighted by Gasteiger charge is 2.32. The SMILES string of the molecule is CC[C@H](NC(=O)COc1ccc2c(c1)Nc1ccccc1S2)C(=O)N[C@@H](CC(C)C)C(=O)N[C@H]1CCOC1O. The summed E-state index contributed by atoms with van der Waals surface area (Å²) in [6.45, 7) is 5.77. The van der Waals surface area contributed by atoms with E-state index in [4.69, 9.17) is 9.47 Å². The number of carbonyl (C=O) groups excluding carboxylic acids is 3. The summed E-state index contributed by atoms with van der Waals surface area (Å²) in [7, 11) is 0. The molecule has 0 aromatic heterocycles. The largest absolute Gasteiger partial charge is 0.484 e. The quantitative estimate of drug-likeness (QED) is 0.243. The van der Waals surface area contributed by atoms with Crippen LogP contribution >= 0.6 is 11.8 Å². The van der Waals surface area contributed by atoms with E-state index < -0.39 is 42.1 Å². The highest BCUT2D eigenvalue weighted by molar-refractivity contribution is 7.99. The van der Waals surface area contributed by atoms with Gasteiger partial charge in [0.1, 0.15) is 17.8 Å². The molecule has 2 aromatic rings. The van der Waals surface area contributed by atoms with Gasteiger partial charge in [-0.15, -0.1) is 0 Å². The van der Waals surface area contributed by atoms with Crippen molar-refractivity contribution in [3.8, 4) is 5.75 Å². The monoisotopic (exact) mass is 556 g/mol. The van der Waals surface area contributed by atoms with Crippen molar-refractivity contribution in [2.75, 3.05) is 18.5 Å². The van der Waals surface area contributed by atoms with Crippen LogP contribution in [0.2, 0.25) is 0 Å². The van der Waals surface area contributed by atoms with Gasteiger partial charge in [-0.25, -0.2) is 0 Å². The lowest BCUT2D eigenvalue weighted by Gasteiger charge is -2.25. The summed E-state index contributed by atoms with van der Waals surface area (Å²) in [6.07, 6.45) is 0.175. The molecule has 0 bridgehead atoms. The summed E-state index contributed by atoms with van der Waals surface area (Å²) >= 11 is 1.66. The molecular weight excluding hydrogens is 520 g/mol. The van der Waals surface area contributed by atoms with Gasteiger partial charge in [0.25, 0.3) is 5.91 Å². The van der Waals surface area contributed by atoms with Crippen molar-refractivity contribution in [1.29, 1.82) is 0 Å². The summed E-state index contributed by atoms with van der Waals surface area (Å²) in [5, 5.41) is 21.5. The Kier molecular flexibility index (Phi) is 9.71. The highest BCUT2D eigenvalue weighted by atomic mass is 32.2. The molecule has 0 aliphatic carbocycles. The van der Waals surface area contributed by atoms with Crippen molar-refractivity contribution >= 4 is 40.9 Å². The van der Waals surface area contributed by atoms with Crippen molar-refractivity contribution in [2.45, 2.75) is 74.2 Å². The molecule has 2 aromatic carbocycles. The molecule has 2 heterocycles. The Hall–Kier alpha value is -3.28. The minimum absolute atomic E-state index is 0.131. The van der Waals surface area contributed by atoms with Crippen molar-refractivity contribution in [1.82, 2.24) is 16.0 Å². The number of ether oxygens (including phenoxy) is 2. The van der Waals surface area contributed by atoms with Gasteiger partial charge < -0.3 is 35.8 Å². The van der Waals surface area contributed by atoms with Crippen LogP contribution < -0.4 is 26.0 Å². The minimum Gasteiger partial charge on any atom is -0.484 e. The van der Waals surface area contributed by atoms with Crippen molar-refractivity contribution in [2.24, 2.45) is 5.92 Å². The van der Waals surface area contributed by atoms with Gasteiger partial charge >= 0.3 is 0 Å². The molecule has 1 saturated heterocycles. The Balaban J connectivity index is 1.30. The Bertz CT molecular complexity index is 1190. The number of hydrogen-bond donors (Lipinski definition) is 5. The molecule has 1 unspecified atom stereocenters. The predicted molar refractivity (Wildman–Crippen MR) is 148 cm³/mol. The molecule has 0 spiro atoms. The number of benzene rings is 2. The number of fused-ring (bicyclic) bond motifs is 2. The number of hydrogen-bond acceptors (Lipinski definition) is 8. The molecule has 4 rings (SSSR count). The van der Waals surface area contributed by atoms with Crippen LogP contribution in [0, 0.1) is 5.92 Å². The molecule has 11 heteroatoms. The molecule has 39 heavy (non-hydrogen) atoms. The second-order valence-electron chi connectivity index (χ2n) is 10.1. The first-order chi connectivity index (χ1) is 18.7. The average molecular weight is 557 g/mol. The lowest BCUT2D eigenvalue weighted by molar-refractivity contribution is -0.134. The van der Waals surface area contributed by atoms with Crippen LogP contribution in [0.5, 0.6) is 5.75 Å². The summed E-state index contributed by atoms with van der Waals surface area (Å²) in [5.41, 5.74) is 1.91. The first-order valence-electron chi connectivity index (χ1n) is 13.2. The van der Waals surface area contributed by atoms with E-state index in [1.165, 1.54) is 0 Å². The first kappa shape index (κ1) is 28.7. The number of anilines is 2. The number of amides is 3. The van der Waals surface area contributed by atoms with Crippen molar-refractivity contribution < 1.29 is 29.0 Å². The van der Waals surface area contributed by atoms with Crippen LogP contribution in [0.15, 0.2) is 52.3 Å². The second-order valence-corrected chi connectivity index (χ2v) is 11.1. The molecule has 210 valence electrons. The van der Waals surface area contributed by atoms with Gasteiger partial charge in [0.15, 0.2) is 12.9 Å². The molecule has 2 aliphatic heterocycles. The fourth-order valence-corrected chi connectivity index (χ4v) is 5.39. The lowest BCUT2D eigenvalue weighted by Crippen LogP contribution is -2.56. The molecule has 10 nitrogen and oxygen atoms in total. The lowest BCUT2D eigenvalue weighted by atomic mass is 10.0. The molecule has 1 fully saturated rings. The van der Waals surface area contributed by atoms with Crippen LogP contribution in [0.25, 0.3) is 0 Å². The number of carbonyl (C=O) groups is 3. The molecule has 2 aliphatic rings. The van der Waals surface area contributed by atoms with Crippen molar-refractivity contribution in [3.05, 3.63) is 42.5 Å². The summed E-state index contributed by atoms with van der Waals surface area (Å²) in [5.74, 6) is -0.632.